The van der Waals surface area contributed by atoms with Crippen LogP contribution in [-0.4, -0.2) is 26.3 Å². The molecule has 4 aliphatic rings. The monoisotopic (exact) mass is 419 g/mol. The first-order chi connectivity index (χ1) is 14.7. The molecule has 6 heteroatoms. The smallest absolute Gasteiger partial charge is 0.205 e. The number of ketones is 1. The predicted octanol–water partition coefficient (Wildman–Crippen LogP) is 5.40. The van der Waals surface area contributed by atoms with Crippen molar-refractivity contribution >= 4 is 17.5 Å². The Hall–Kier alpha value is -2.34. The summed E-state index contributed by atoms with van der Waals surface area (Å²) < 4.78 is 7.58. The van der Waals surface area contributed by atoms with Gasteiger partial charge in [0, 0.05) is 11.1 Å². The predicted molar refractivity (Wildman–Crippen MR) is 115 cm³/mol. The maximum atomic E-state index is 13.5. The Balaban J connectivity index is 1.27. The van der Waals surface area contributed by atoms with Crippen LogP contribution in [0.5, 0.6) is 0 Å². The van der Waals surface area contributed by atoms with Crippen molar-refractivity contribution in [2.24, 2.45) is 23.2 Å². The summed E-state index contributed by atoms with van der Waals surface area (Å²) in [7, 11) is 0. The number of nitrogens with zero attached hydrogens (tertiary/aromatic N) is 3. The fourth-order valence-electron chi connectivity index (χ4n) is 6.47. The van der Waals surface area contributed by atoms with Crippen molar-refractivity contribution in [2.45, 2.75) is 43.7 Å². The number of hydrogen-bond donors (Lipinski definition) is 0. The molecule has 154 valence electrons. The highest BCUT2D eigenvalue weighted by Crippen LogP contribution is 2.60. The number of carbonyl (C=O) groups excluding carboxylic acids is 1. The van der Waals surface area contributed by atoms with Gasteiger partial charge in [-0.1, -0.05) is 30.0 Å². The summed E-state index contributed by atoms with van der Waals surface area (Å²) in [6, 6.07) is 13.8. The van der Waals surface area contributed by atoms with Crippen LogP contribution in [0.1, 0.15) is 38.5 Å². The van der Waals surface area contributed by atoms with Crippen LogP contribution < -0.4 is 0 Å². The summed E-state index contributed by atoms with van der Waals surface area (Å²) in [5.41, 5.74) is 0.905. The summed E-state index contributed by atoms with van der Waals surface area (Å²) in [6.07, 6.45) is 9.05. The van der Waals surface area contributed by atoms with Crippen LogP contribution in [0.2, 0.25) is 0 Å². The van der Waals surface area contributed by atoms with Gasteiger partial charge in [0.05, 0.1) is 12.0 Å². The molecule has 0 unspecified atom stereocenters. The van der Waals surface area contributed by atoms with Crippen LogP contribution >= 0.6 is 11.8 Å². The van der Waals surface area contributed by atoms with Gasteiger partial charge >= 0.3 is 0 Å². The summed E-state index contributed by atoms with van der Waals surface area (Å²) in [5, 5.41) is 9.56. The van der Waals surface area contributed by atoms with Gasteiger partial charge in [-0.15, -0.1) is 10.2 Å². The first-order valence-electron chi connectivity index (χ1n) is 10.9. The molecule has 4 bridgehead atoms. The van der Waals surface area contributed by atoms with E-state index in [1.54, 1.807) is 6.26 Å². The topological polar surface area (TPSA) is 60.9 Å². The van der Waals surface area contributed by atoms with E-state index in [9.17, 15) is 4.79 Å². The molecule has 3 aromatic rings. The maximum Gasteiger partial charge on any atom is 0.205 e. The van der Waals surface area contributed by atoms with E-state index in [2.05, 4.69) is 10.2 Å². The molecule has 0 amide bonds. The van der Waals surface area contributed by atoms with E-state index in [1.807, 2.05) is 47.0 Å². The van der Waals surface area contributed by atoms with Gasteiger partial charge in [-0.05, 0) is 80.5 Å². The molecule has 5 nitrogen and oxygen atoms in total. The first-order valence-corrected chi connectivity index (χ1v) is 11.9. The Labute approximate surface area is 180 Å². The van der Waals surface area contributed by atoms with Crippen LogP contribution in [-0.2, 0) is 4.79 Å². The number of hydrogen-bond acceptors (Lipinski definition) is 5. The molecule has 0 aliphatic heterocycles. The van der Waals surface area contributed by atoms with E-state index < -0.39 is 0 Å². The normalized spacial score (nSPS) is 29.4. The highest BCUT2D eigenvalue weighted by Gasteiger charge is 2.54. The molecule has 2 heterocycles. The number of para-hydroxylation sites is 1. The SMILES string of the molecule is O=C(CSc1nnc(-c2ccco2)n1-c1ccccc1)C12CC3CC(CC(C3)C1)C2. The minimum atomic E-state index is -0.0663. The standard InChI is InChI=1S/C24H25N3O2S/c28-21(24-12-16-9-17(13-24)11-18(10-16)14-24)15-30-23-26-25-22(20-7-4-8-29-20)27(23)19-5-2-1-3-6-19/h1-8,16-18H,9-15H2. The third kappa shape index (κ3) is 3.04. The largest absolute Gasteiger partial charge is 0.461 e. The molecule has 0 atom stereocenters. The highest BCUT2D eigenvalue weighted by molar-refractivity contribution is 7.99. The fourth-order valence-corrected chi connectivity index (χ4v) is 7.46. The van der Waals surface area contributed by atoms with Gasteiger partial charge in [0.1, 0.15) is 5.78 Å². The Morgan fingerprint density at radius 2 is 1.70 bits per heavy atom. The minimum Gasteiger partial charge on any atom is -0.461 e. The lowest BCUT2D eigenvalue weighted by molar-refractivity contribution is -0.141. The van der Waals surface area contributed by atoms with Crippen molar-refractivity contribution in [1.29, 1.82) is 0 Å². The average molecular weight is 420 g/mol. The number of rotatable bonds is 6. The first kappa shape index (κ1) is 18.4. The van der Waals surface area contributed by atoms with E-state index in [0.29, 0.717) is 23.1 Å². The van der Waals surface area contributed by atoms with Gasteiger partial charge in [-0.3, -0.25) is 9.36 Å². The molecule has 2 aromatic heterocycles. The zero-order chi connectivity index (χ0) is 20.1. The van der Waals surface area contributed by atoms with Gasteiger partial charge in [0.2, 0.25) is 5.82 Å². The lowest BCUT2D eigenvalue weighted by Crippen LogP contribution is -2.50. The number of Topliss-reactive ketones (excluding diaryl/α,β-unsaturated/α-hetero) is 1. The summed E-state index contributed by atoms with van der Waals surface area (Å²) in [5.74, 6) is 4.57. The second kappa shape index (κ2) is 7.12. The Morgan fingerprint density at radius 1 is 1.00 bits per heavy atom. The molecular weight excluding hydrogens is 394 g/mol. The number of aromatic nitrogens is 3. The fraction of sp³-hybridized carbons (Fsp3) is 0.458. The molecule has 4 saturated carbocycles. The molecule has 30 heavy (non-hydrogen) atoms. The second-order valence-electron chi connectivity index (χ2n) is 9.36. The van der Waals surface area contributed by atoms with E-state index >= 15 is 0 Å². The van der Waals surface area contributed by atoms with Crippen LogP contribution in [0.4, 0.5) is 0 Å². The van der Waals surface area contributed by atoms with Crippen molar-refractivity contribution in [3.8, 4) is 17.3 Å². The van der Waals surface area contributed by atoms with Gasteiger partial charge in [-0.2, -0.15) is 0 Å². The minimum absolute atomic E-state index is 0.0663. The number of benzene rings is 1. The van der Waals surface area contributed by atoms with Gasteiger partial charge < -0.3 is 4.42 Å². The zero-order valence-electron chi connectivity index (χ0n) is 16.9. The average Bonchev–Trinajstić information content (AvgIpc) is 3.41. The Bertz CT molecular complexity index is 1020. The molecule has 1 aromatic carbocycles. The number of furan rings is 1. The van der Waals surface area contributed by atoms with Crippen molar-refractivity contribution in [2.75, 3.05) is 5.75 Å². The molecule has 0 radical (unpaired) electrons. The highest BCUT2D eigenvalue weighted by atomic mass is 32.2. The van der Waals surface area contributed by atoms with E-state index in [4.69, 9.17) is 4.42 Å². The molecule has 4 aliphatic carbocycles. The molecule has 0 spiro atoms. The Morgan fingerprint density at radius 3 is 2.33 bits per heavy atom. The van der Waals surface area contributed by atoms with E-state index in [1.165, 1.54) is 31.0 Å². The summed E-state index contributed by atoms with van der Waals surface area (Å²) in [4.78, 5) is 13.5. The third-order valence-electron chi connectivity index (χ3n) is 7.35. The molecular formula is C24H25N3O2S. The second-order valence-corrected chi connectivity index (χ2v) is 10.3. The van der Waals surface area contributed by atoms with Crippen molar-refractivity contribution in [3.05, 3.63) is 48.7 Å². The lowest BCUT2D eigenvalue weighted by Gasteiger charge is -2.56. The van der Waals surface area contributed by atoms with E-state index in [0.717, 1.165) is 47.9 Å². The lowest BCUT2D eigenvalue weighted by atomic mass is 9.48. The maximum absolute atomic E-state index is 13.5. The summed E-state index contributed by atoms with van der Waals surface area (Å²) >= 11 is 1.52. The van der Waals surface area contributed by atoms with Crippen molar-refractivity contribution in [1.82, 2.24) is 14.8 Å². The zero-order valence-corrected chi connectivity index (χ0v) is 17.7. The van der Waals surface area contributed by atoms with Crippen molar-refractivity contribution < 1.29 is 9.21 Å². The molecule has 4 fully saturated rings. The van der Waals surface area contributed by atoms with Crippen molar-refractivity contribution in [3.63, 3.8) is 0 Å². The third-order valence-corrected chi connectivity index (χ3v) is 8.28. The van der Waals surface area contributed by atoms with Crippen LogP contribution in [0.3, 0.4) is 0 Å². The van der Waals surface area contributed by atoms with Crippen LogP contribution in [0.15, 0.2) is 58.3 Å². The van der Waals surface area contributed by atoms with Crippen LogP contribution in [0, 0.1) is 23.2 Å². The number of carbonyl (C=O) groups is 1. The van der Waals surface area contributed by atoms with Gasteiger partial charge in [0.15, 0.2) is 10.9 Å². The quantitative estimate of drug-likeness (QED) is 0.500. The number of thioether (sulfide) groups is 1. The molecule has 7 rings (SSSR count). The van der Waals surface area contributed by atoms with E-state index in [-0.39, 0.29) is 5.41 Å². The molecule has 0 N–H and O–H groups in total. The van der Waals surface area contributed by atoms with Crippen LogP contribution in [0.25, 0.3) is 17.3 Å². The Kier molecular flexibility index (Phi) is 4.37. The molecule has 0 saturated heterocycles. The van der Waals surface area contributed by atoms with Gasteiger partial charge in [0.25, 0.3) is 0 Å². The summed E-state index contributed by atoms with van der Waals surface area (Å²) in [6.45, 7) is 0. The van der Waals surface area contributed by atoms with Gasteiger partial charge in [-0.25, -0.2) is 0 Å².